The lowest BCUT2D eigenvalue weighted by Crippen LogP contribution is -2.55. The van der Waals surface area contributed by atoms with Crippen LogP contribution in [-0.2, 0) is 22.9 Å². The zero-order chi connectivity index (χ0) is 27.1. The average molecular weight is 567 g/mol. The van der Waals surface area contributed by atoms with Crippen molar-refractivity contribution in [2.45, 2.75) is 61.5 Å². The number of anilines is 2. The van der Waals surface area contributed by atoms with Crippen LogP contribution in [0.2, 0.25) is 5.02 Å². The topological polar surface area (TPSA) is 78.9 Å². The average Bonchev–Trinajstić information content (AvgIpc) is 3.01. The number of fused-ring (bicyclic) bond motifs is 2. The van der Waals surface area contributed by atoms with E-state index in [-0.39, 0.29) is 4.90 Å². The predicted octanol–water partition coefficient (Wildman–Crippen LogP) is 5.74. The van der Waals surface area contributed by atoms with E-state index in [0.29, 0.717) is 24.3 Å². The minimum Gasteiger partial charge on any atom is -0.406 e. The highest BCUT2D eigenvalue weighted by atomic mass is 35.5. The number of aliphatic hydroxyl groups excluding tert-OH is 1. The number of nitrogens with one attached hydrogen (secondary N) is 1. The minimum absolute atomic E-state index is 0.224. The highest BCUT2D eigenvalue weighted by molar-refractivity contribution is 7.89. The third-order valence-corrected chi connectivity index (χ3v) is 8.79. The molecule has 3 aromatic rings. The SMILES string of the molecule is O=S(=O)(NC1CCC[C@H](N2c3ccccc3CCc3ccc(Cl)cc32)[C@H]1O)c1ccc(OC(F)(F)F)cc1. The first-order valence-electron chi connectivity index (χ1n) is 12.2. The van der Waals surface area contributed by atoms with Crippen molar-refractivity contribution in [1.29, 1.82) is 0 Å². The summed E-state index contributed by atoms with van der Waals surface area (Å²) >= 11 is 6.38. The van der Waals surface area contributed by atoms with Crippen LogP contribution in [0.1, 0.15) is 30.4 Å². The van der Waals surface area contributed by atoms with Gasteiger partial charge in [-0.15, -0.1) is 13.2 Å². The van der Waals surface area contributed by atoms with Crippen molar-refractivity contribution in [2.24, 2.45) is 0 Å². The van der Waals surface area contributed by atoms with E-state index in [4.69, 9.17) is 11.6 Å². The molecule has 1 unspecified atom stereocenters. The third kappa shape index (κ3) is 5.63. The van der Waals surface area contributed by atoms with Gasteiger partial charge in [0.15, 0.2) is 0 Å². The van der Waals surface area contributed by atoms with Gasteiger partial charge in [-0.3, -0.25) is 0 Å². The molecular formula is C27H26ClF3N2O4S. The van der Waals surface area contributed by atoms with Crippen molar-refractivity contribution >= 4 is 33.0 Å². The largest absolute Gasteiger partial charge is 0.573 e. The Morgan fingerprint density at radius 1 is 0.947 bits per heavy atom. The molecule has 5 rings (SSSR count). The van der Waals surface area contributed by atoms with Crippen molar-refractivity contribution in [2.75, 3.05) is 4.90 Å². The van der Waals surface area contributed by atoms with Crippen molar-refractivity contribution in [3.63, 3.8) is 0 Å². The van der Waals surface area contributed by atoms with Gasteiger partial charge < -0.3 is 14.7 Å². The van der Waals surface area contributed by atoms with Gasteiger partial charge in [0, 0.05) is 16.4 Å². The molecule has 1 aliphatic heterocycles. The van der Waals surface area contributed by atoms with Crippen molar-refractivity contribution < 1.29 is 31.4 Å². The van der Waals surface area contributed by atoms with Crippen LogP contribution in [0.15, 0.2) is 71.6 Å². The summed E-state index contributed by atoms with van der Waals surface area (Å²) in [5.74, 6) is -0.522. The zero-order valence-corrected chi connectivity index (χ0v) is 21.7. The van der Waals surface area contributed by atoms with Crippen LogP contribution in [-0.4, -0.2) is 38.1 Å². The summed E-state index contributed by atoms with van der Waals surface area (Å²) in [5.41, 5.74) is 4.04. The van der Waals surface area contributed by atoms with Gasteiger partial charge in [0.05, 0.1) is 23.1 Å². The van der Waals surface area contributed by atoms with Gasteiger partial charge in [-0.05, 0) is 85.7 Å². The Balaban J connectivity index is 1.43. The molecule has 0 bridgehead atoms. The third-order valence-electron chi connectivity index (χ3n) is 7.05. The quantitative estimate of drug-likeness (QED) is 0.412. The number of sulfonamides is 1. The normalized spacial score (nSPS) is 21.8. The van der Waals surface area contributed by atoms with E-state index in [9.17, 15) is 26.7 Å². The van der Waals surface area contributed by atoms with Crippen molar-refractivity contribution in [1.82, 2.24) is 4.72 Å². The molecule has 1 saturated carbocycles. The molecule has 0 saturated heterocycles. The lowest BCUT2D eigenvalue weighted by Gasteiger charge is -2.43. The monoisotopic (exact) mass is 566 g/mol. The summed E-state index contributed by atoms with van der Waals surface area (Å²) in [6.45, 7) is 0. The number of ether oxygens (including phenoxy) is 1. The Labute approximate surface area is 224 Å². The van der Waals surface area contributed by atoms with Gasteiger partial charge >= 0.3 is 6.36 Å². The smallest absolute Gasteiger partial charge is 0.406 e. The Bertz CT molecular complexity index is 1420. The maximum Gasteiger partial charge on any atom is 0.573 e. The second kappa shape index (κ2) is 10.4. The number of rotatable bonds is 5. The summed E-state index contributed by atoms with van der Waals surface area (Å²) in [5, 5.41) is 12.1. The molecule has 38 heavy (non-hydrogen) atoms. The summed E-state index contributed by atoms with van der Waals surface area (Å²) in [6.07, 6.45) is -2.64. The number of aryl methyl sites for hydroxylation is 2. The van der Waals surface area contributed by atoms with Crippen LogP contribution in [0.3, 0.4) is 0 Å². The highest BCUT2D eigenvalue weighted by Crippen LogP contribution is 2.42. The molecule has 202 valence electrons. The Morgan fingerprint density at radius 2 is 1.63 bits per heavy atom. The van der Waals surface area contributed by atoms with E-state index >= 15 is 0 Å². The maximum absolute atomic E-state index is 13.1. The number of para-hydroxylation sites is 1. The molecule has 3 aromatic carbocycles. The fourth-order valence-electron chi connectivity index (χ4n) is 5.34. The van der Waals surface area contributed by atoms with Gasteiger partial charge in [0.25, 0.3) is 0 Å². The number of benzene rings is 3. The van der Waals surface area contributed by atoms with Crippen LogP contribution in [0, 0.1) is 0 Å². The van der Waals surface area contributed by atoms with Crippen LogP contribution in [0.4, 0.5) is 24.5 Å². The first-order chi connectivity index (χ1) is 18.0. The number of halogens is 4. The molecule has 0 aromatic heterocycles. The summed E-state index contributed by atoms with van der Waals surface area (Å²) in [4.78, 5) is 1.86. The second-order valence-corrected chi connectivity index (χ2v) is 11.7. The summed E-state index contributed by atoms with van der Waals surface area (Å²) < 4.78 is 70.0. The predicted molar refractivity (Wildman–Crippen MR) is 138 cm³/mol. The first-order valence-corrected chi connectivity index (χ1v) is 14.1. The number of hydrogen-bond acceptors (Lipinski definition) is 5. The Hall–Kier alpha value is -2.79. The lowest BCUT2D eigenvalue weighted by molar-refractivity contribution is -0.274. The molecule has 2 aliphatic rings. The standard InChI is InChI=1S/C27H26ClF3N2O4S/c28-19-11-10-18-9-8-17-4-1-2-6-23(17)33(25(18)16-19)24-7-3-5-22(26(24)34)32-38(35,36)21-14-12-20(13-15-21)37-27(29,30)31/h1-2,4,6,10-16,22,24,26,32,34H,3,5,7-9H2/t22?,24-,26-/m0/s1. The number of nitrogens with zero attached hydrogens (tertiary/aromatic N) is 1. The van der Waals surface area contributed by atoms with Crippen molar-refractivity contribution in [3.8, 4) is 5.75 Å². The van der Waals surface area contributed by atoms with Gasteiger partial charge in [-0.1, -0.05) is 35.9 Å². The molecule has 6 nitrogen and oxygen atoms in total. The number of alkyl halides is 3. The van der Waals surface area contributed by atoms with E-state index < -0.39 is 40.3 Å². The van der Waals surface area contributed by atoms with Gasteiger partial charge in [-0.25, -0.2) is 13.1 Å². The highest BCUT2D eigenvalue weighted by Gasteiger charge is 2.40. The van der Waals surface area contributed by atoms with E-state index in [1.165, 1.54) is 0 Å². The van der Waals surface area contributed by atoms with Crippen LogP contribution in [0.5, 0.6) is 5.75 Å². The zero-order valence-electron chi connectivity index (χ0n) is 20.2. The van der Waals surface area contributed by atoms with Crippen molar-refractivity contribution in [3.05, 3.63) is 82.9 Å². The molecule has 2 N–H and O–H groups in total. The van der Waals surface area contributed by atoms with Gasteiger partial charge in [-0.2, -0.15) is 0 Å². The molecule has 1 fully saturated rings. The fraction of sp³-hybridized carbons (Fsp3) is 0.333. The first kappa shape index (κ1) is 26.8. The van der Waals surface area contributed by atoms with Crippen LogP contribution >= 0.6 is 11.6 Å². The lowest BCUT2D eigenvalue weighted by atomic mass is 9.86. The van der Waals surface area contributed by atoms with Gasteiger partial charge in [0.2, 0.25) is 10.0 Å². The minimum atomic E-state index is -4.88. The van der Waals surface area contributed by atoms with Crippen LogP contribution in [0.25, 0.3) is 0 Å². The number of hydrogen-bond donors (Lipinski definition) is 2. The molecule has 11 heteroatoms. The number of aliphatic hydroxyl groups is 1. The van der Waals surface area contributed by atoms with E-state index in [2.05, 4.69) is 20.4 Å². The Kier molecular flexibility index (Phi) is 7.34. The summed E-state index contributed by atoms with van der Waals surface area (Å²) in [6, 6.07) is 16.4. The molecule has 0 amide bonds. The molecular weight excluding hydrogens is 541 g/mol. The second-order valence-electron chi connectivity index (χ2n) is 9.51. The van der Waals surface area contributed by atoms with E-state index in [1.807, 2.05) is 36.4 Å². The molecule has 1 aliphatic carbocycles. The molecule has 0 spiro atoms. The maximum atomic E-state index is 13.1. The molecule has 1 heterocycles. The molecule has 0 radical (unpaired) electrons. The van der Waals surface area contributed by atoms with E-state index in [1.54, 1.807) is 0 Å². The summed E-state index contributed by atoms with van der Waals surface area (Å²) in [7, 11) is -4.13. The van der Waals surface area contributed by atoms with E-state index in [0.717, 1.165) is 59.6 Å². The fourth-order valence-corrected chi connectivity index (χ4v) is 6.79. The van der Waals surface area contributed by atoms with Gasteiger partial charge in [0.1, 0.15) is 5.75 Å². The molecule has 3 atom stereocenters. The Morgan fingerprint density at radius 3 is 2.34 bits per heavy atom. The van der Waals surface area contributed by atoms with Crippen LogP contribution < -0.4 is 14.4 Å².